The molecule has 0 aliphatic carbocycles. The second-order valence-electron chi connectivity index (χ2n) is 5.51. The number of nitrogens with zero attached hydrogens (tertiary/aromatic N) is 2. The van der Waals surface area contributed by atoms with Gasteiger partial charge in [0.15, 0.2) is 0 Å². The van der Waals surface area contributed by atoms with Crippen LogP contribution in [0.4, 0.5) is 0 Å². The number of imidazole rings is 1. The van der Waals surface area contributed by atoms with Crippen molar-refractivity contribution in [1.82, 2.24) is 14.9 Å². The maximum Gasteiger partial charge on any atom is 0.109 e. The van der Waals surface area contributed by atoms with E-state index in [0.29, 0.717) is 5.92 Å². The van der Waals surface area contributed by atoms with Gasteiger partial charge in [-0.05, 0) is 43.5 Å². The first-order chi connectivity index (χ1) is 8.75. The summed E-state index contributed by atoms with van der Waals surface area (Å²) < 4.78 is 2.25. The number of nitrogens with one attached hydrogen (secondary N) is 1. The number of aryl methyl sites for hydroxylation is 1. The Bertz CT molecular complexity index is 544. The molecule has 2 heterocycles. The van der Waals surface area contributed by atoms with E-state index in [1.807, 2.05) is 0 Å². The van der Waals surface area contributed by atoms with Crippen molar-refractivity contribution in [2.24, 2.45) is 18.9 Å². The fraction of sp³-hybridized carbons (Fsp3) is 0.533. The summed E-state index contributed by atoms with van der Waals surface area (Å²) >= 11 is 0. The van der Waals surface area contributed by atoms with Crippen molar-refractivity contribution in [3.05, 3.63) is 30.1 Å². The van der Waals surface area contributed by atoms with Crippen LogP contribution in [-0.4, -0.2) is 22.6 Å². The lowest BCUT2D eigenvalue weighted by atomic mass is 9.85. The van der Waals surface area contributed by atoms with Gasteiger partial charge >= 0.3 is 0 Å². The van der Waals surface area contributed by atoms with E-state index in [9.17, 15) is 0 Å². The molecule has 2 unspecified atom stereocenters. The minimum Gasteiger partial charge on any atom is -0.331 e. The number of benzene rings is 1. The van der Waals surface area contributed by atoms with E-state index >= 15 is 0 Å². The molecule has 3 nitrogen and oxygen atoms in total. The highest BCUT2D eigenvalue weighted by molar-refractivity contribution is 5.75. The standard InChI is InChI=1S/C15H21N3/c1-11-7-8-16-10-12(11)9-15-17-13-5-3-4-6-14(13)18(15)2/h3-6,11-12,16H,7-10H2,1-2H3. The molecule has 2 aromatic rings. The smallest absolute Gasteiger partial charge is 0.109 e. The van der Waals surface area contributed by atoms with Crippen LogP contribution in [0.3, 0.4) is 0 Å². The van der Waals surface area contributed by atoms with Crippen LogP contribution in [0.1, 0.15) is 19.2 Å². The molecule has 96 valence electrons. The molecular formula is C15H21N3. The van der Waals surface area contributed by atoms with Crippen molar-refractivity contribution in [3.63, 3.8) is 0 Å². The first-order valence-corrected chi connectivity index (χ1v) is 6.87. The van der Waals surface area contributed by atoms with Gasteiger partial charge in [-0.3, -0.25) is 0 Å². The largest absolute Gasteiger partial charge is 0.331 e. The molecule has 1 aromatic heterocycles. The molecule has 1 aliphatic rings. The van der Waals surface area contributed by atoms with E-state index in [1.165, 1.54) is 24.3 Å². The average Bonchev–Trinajstić information content (AvgIpc) is 2.70. The van der Waals surface area contributed by atoms with E-state index in [2.05, 4.69) is 48.1 Å². The van der Waals surface area contributed by atoms with Crippen LogP contribution in [-0.2, 0) is 13.5 Å². The van der Waals surface area contributed by atoms with Crippen LogP contribution in [0.15, 0.2) is 24.3 Å². The normalized spacial score (nSPS) is 24.6. The van der Waals surface area contributed by atoms with Gasteiger partial charge in [0, 0.05) is 13.5 Å². The summed E-state index contributed by atoms with van der Waals surface area (Å²) in [5, 5.41) is 3.50. The Balaban J connectivity index is 1.88. The fourth-order valence-electron chi connectivity index (χ4n) is 2.94. The molecule has 3 rings (SSSR count). The number of aromatic nitrogens is 2. The molecule has 1 N–H and O–H groups in total. The lowest BCUT2D eigenvalue weighted by Crippen LogP contribution is -2.36. The monoisotopic (exact) mass is 243 g/mol. The minimum atomic E-state index is 0.717. The Morgan fingerprint density at radius 3 is 3.00 bits per heavy atom. The highest BCUT2D eigenvalue weighted by Crippen LogP contribution is 2.24. The van der Waals surface area contributed by atoms with E-state index in [-0.39, 0.29) is 0 Å². The van der Waals surface area contributed by atoms with Gasteiger partial charge in [0.1, 0.15) is 5.82 Å². The van der Waals surface area contributed by atoms with Crippen LogP contribution in [0, 0.1) is 11.8 Å². The lowest BCUT2D eigenvalue weighted by Gasteiger charge is -2.29. The summed E-state index contributed by atoms with van der Waals surface area (Å²) in [7, 11) is 2.13. The van der Waals surface area contributed by atoms with E-state index in [4.69, 9.17) is 4.98 Å². The summed E-state index contributed by atoms with van der Waals surface area (Å²) in [5.41, 5.74) is 2.36. The van der Waals surface area contributed by atoms with Crippen molar-refractivity contribution in [3.8, 4) is 0 Å². The number of piperidine rings is 1. The van der Waals surface area contributed by atoms with E-state index in [1.54, 1.807) is 0 Å². The van der Waals surface area contributed by atoms with Crippen LogP contribution in [0.2, 0.25) is 0 Å². The molecule has 0 bridgehead atoms. The maximum atomic E-state index is 4.78. The molecule has 0 spiro atoms. The molecule has 1 saturated heterocycles. The Hall–Kier alpha value is -1.35. The molecule has 0 radical (unpaired) electrons. The summed E-state index contributed by atoms with van der Waals surface area (Å²) in [6.07, 6.45) is 2.37. The van der Waals surface area contributed by atoms with Crippen molar-refractivity contribution < 1.29 is 0 Å². The zero-order valence-electron chi connectivity index (χ0n) is 11.2. The Morgan fingerprint density at radius 1 is 1.39 bits per heavy atom. The van der Waals surface area contributed by atoms with Crippen LogP contribution < -0.4 is 5.32 Å². The second-order valence-corrected chi connectivity index (χ2v) is 5.51. The zero-order valence-corrected chi connectivity index (χ0v) is 11.2. The molecule has 2 atom stereocenters. The Morgan fingerprint density at radius 2 is 2.22 bits per heavy atom. The first kappa shape index (κ1) is 11.7. The summed E-state index contributed by atoms with van der Waals surface area (Å²) in [5.74, 6) is 2.73. The van der Waals surface area contributed by atoms with E-state index < -0.39 is 0 Å². The summed E-state index contributed by atoms with van der Waals surface area (Å²) in [6, 6.07) is 8.39. The number of para-hydroxylation sites is 2. The molecule has 0 saturated carbocycles. The van der Waals surface area contributed by atoms with Gasteiger partial charge in [-0.25, -0.2) is 4.98 Å². The van der Waals surface area contributed by atoms with Crippen molar-refractivity contribution in [2.75, 3.05) is 13.1 Å². The highest BCUT2D eigenvalue weighted by Gasteiger charge is 2.23. The van der Waals surface area contributed by atoms with Gasteiger partial charge in [-0.2, -0.15) is 0 Å². The summed E-state index contributed by atoms with van der Waals surface area (Å²) in [4.78, 5) is 4.78. The fourth-order valence-corrected chi connectivity index (χ4v) is 2.94. The SMILES string of the molecule is CC1CCNCC1Cc1nc2ccccc2n1C. The predicted octanol–water partition coefficient (Wildman–Crippen LogP) is 2.36. The average molecular weight is 243 g/mol. The third-order valence-electron chi connectivity index (χ3n) is 4.31. The van der Waals surface area contributed by atoms with Gasteiger partial charge in [-0.15, -0.1) is 0 Å². The first-order valence-electron chi connectivity index (χ1n) is 6.87. The van der Waals surface area contributed by atoms with Gasteiger partial charge in [-0.1, -0.05) is 19.1 Å². The molecule has 18 heavy (non-hydrogen) atoms. The lowest BCUT2D eigenvalue weighted by molar-refractivity contribution is 0.268. The minimum absolute atomic E-state index is 0.717. The van der Waals surface area contributed by atoms with Gasteiger partial charge in [0.25, 0.3) is 0 Å². The number of hydrogen-bond acceptors (Lipinski definition) is 2. The molecule has 1 aromatic carbocycles. The van der Waals surface area contributed by atoms with Crippen LogP contribution in [0.25, 0.3) is 11.0 Å². The topological polar surface area (TPSA) is 29.9 Å². The van der Waals surface area contributed by atoms with Crippen molar-refractivity contribution in [1.29, 1.82) is 0 Å². The second kappa shape index (κ2) is 4.73. The van der Waals surface area contributed by atoms with Crippen LogP contribution in [0.5, 0.6) is 0 Å². The van der Waals surface area contributed by atoms with Gasteiger partial charge in [0.2, 0.25) is 0 Å². The molecular weight excluding hydrogens is 222 g/mol. The van der Waals surface area contributed by atoms with Crippen molar-refractivity contribution >= 4 is 11.0 Å². The third-order valence-corrected chi connectivity index (χ3v) is 4.31. The molecule has 0 amide bonds. The zero-order chi connectivity index (χ0) is 12.5. The quantitative estimate of drug-likeness (QED) is 0.877. The molecule has 1 aliphatic heterocycles. The van der Waals surface area contributed by atoms with Gasteiger partial charge in [0.05, 0.1) is 11.0 Å². The summed E-state index contributed by atoms with van der Waals surface area (Å²) in [6.45, 7) is 4.67. The Kier molecular flexibility index (Phi) is 3.08. The molecule has 3 heteroatoms. The molecule has 1 fully saturated rings. The Labute approximate surface area is 108 Å². The third kappa shape index (κ3) is 2.03. The maximum absolute atomic E-state index is 4.78. The highest BCUT2D eigenvalue weighted by atomic mass is 15.1. The van der Waals surface area contributed by atoms with E-state index in [0.717, 1.165) is 24.4 Å². The number of rotatable bonds is 2. The predicted molar refractivity (Wildman–Crippen MR) is 74.6 cm³/mol. The number of hydrogen-bond donors (Lipinski definition) is 1. The van der Waals surface area contributed by atoms with Gasteiger partial charge < -0.3 is 9.88 Å². The van der Waals surface area contributed by atoms with Crippen LogP contribution >= 0.6 is 0 Å². The number of fused-ring (bicyclic) bond motifs is 1. The van der Waals surface area contributed by atoms with Crippen molar-refractivity contribution in [2.45, 2.75) is 19.8 Å².